The van der Waals surface area contributed by atoms with Crippen LogP contribution in [-0.4, -0.2) is 16.6 Å². The highest BCUT2D eigenvalue weighted by molar-refractivity contribution is 9.10. The number of rotatable bonds is 3. The fourth-order valence-corrected chi connectivity index (χ4v) is 0.445. The second-order valence-electron chi connectivity index (χ2n) is 1.63. The van der Waals surface area contributed by atoms with Gasteiger partial charge >= 0.3 is 0 Å². The molecule has 0 heterocycles. The monoisotopic (exact) mass is 193 g/mol. The van der Waals surface area contributed by atoms with Gasteiger partial charge in [0.15, 0.2) is 5.78 Å². The Morgan fingerprint density at radius 3 is 2.22 bits per heavy atom. The molecule has 0 aliphatic rings. The van der Waals surface area contributed by atoms with Gasteiger partial charge in [0.2, 0.25) is 0 Å². The lowest BCUT2D eigenvalue weighted by Gasteiger charge is -2.01. The number of Topliss-reactive ketones (excluding diaryl/α,β-unsaturated/α-hetero) is 1. The van der Waals surface area contributed by atoms with Crippen LogP contribution in [0.15, 0.2) is 0 Å². The molecule has 0 radical (unpaired) electrons. The van der Waals surface area contributed by atoms with E-state index in [1.165, 1.54) is 0 Å². The van der Waals surface area contributed by atoms with Crippen LogP contribution >= 0.6 is 15.9 Å². The van der Waals surface area contributed by atoms with Gasteiger partial charge in [0.05, 0.1) is 4.83 Å². The number of aliphatic carboxylic acids is 1. The van der Waals surface area contributed by atoms with E-state index >= 15 is 0 Å². The highest BCUT2D eigenvalue weighted by atomic mass is 79.9. The predicted octanol–water partition coefficient (Wildman–Crippen LogP) is -0.521. The molecule has 0 saturated carbocycles. The first kappa shape index (κ1) is 8.62. The number of hydrogen-bond acceptors (Lipinski definition) is 3. The second kappa shape index (κ2) is 3.61. The summed E-state index contributed by atoms with van der Waals surface area (Å²) in [6.45, 7) is 1.57. The fourth-order valence-electron chi connectivity index (χ4n) is 0.283. The van der Waals surface area contributed by atoms with Crippen LogP contribution in [0.3, 0.4) is 0 Å². The Hall–Kier alpha value is -0.380. The van der Waals surface area contributed by atoms with Crippen LogP contribution in [0.4, 0.5) is 0 Å². The minimum Gasteiger partial charge on any atom is -0.550 e. The van der Waals surface area contributed by atoms with Crippen LogP contribution in [0.1, 0.15) is 13.3 Å². The minimum absolute atomic E-state index is 0.366. The Bertz CT molecular complexity index is 130. The van der Waals surface area contributed by atoms with Gasteiger partial charge in [-0.05, 0) is 6.92 Å². The van der Waals surface area contributed by atoms with Gasteiger partial charge in [0.25, 0.3) is 0 Å². The normalized spacial score (nSPS) is 12.7. The molecule has 0 aliphatic heterocycles. The first-order valence-electron chi connectivity index (χ1n) is 2.40. The fraction of sp³-hybridized carbons (Fsp3) is 0.600. The molecule has 0 aromatic carbocycles. The molecule has 0 aliphatic carbocycles. The standard InChI is InChI=1S/C5H7BrO3/c1-3(6)4(7)2-5(8)9/h3H,2H2,1H3,(H,8,9)/p-1. The van der Waals surface area contributed by atoms with Crippen LogP contribution in [0.2, 0.25) is 0 Å². The zero-order valence-electron chi connectivity index (χ0n) is 4.89. The summed E-state index contributed by atoms with van der Waals surface area (Å²) in [6, 6.07) is 0. The van der Waals surface area contributed by atoms with Crippen molar-refractivity contribution in [2.75, 3.05) is 0 Å². The van der Waals surface area contributed by atoms with E-state index < -0.39 is 17.2 Å². The summed E-state index contributed by atoms with van der Waals surface area (Å²) in [7, 11) is 0. The van der Waals surface area contributed by atoms with Gasteiger partial charge in [-0.25, -0.2) is 0 Å². The number of halogens is 1. The SMILES string of the molecule is CC(Br)C(=O)CC(=O)[O-]. The summed E-state index contributed by atoms with van der Waals surface area (Å²) in [5, 5.41) is 9.76. The molecule has 9 heavy (non-hydrogen) atoms. The van der Waals surface area contributed by atoms with E-state index in [0.29, 0.717) is 0 Å². The van der Waals surface area contributed by atoms with Crippen molar-refractivity contribution in [1.82, 2.24) is 0 Å². The van der Waals surface area contributed by atoms with E-state index in [1.54, 1.807) is 6.92 Å². The molecule has 0 saturated heterocycles. The molecular weight excluding hydrogens is 188 g/mol. The van der Waals surface area contributed by atoms with Gasteiger partial charge in [-0.15, -0.1) is 0 Å². The van der Waals surface area contributed by atoms with Crippen molar-refractivity contribution in [2.24, 2.45) is 0 Å². The van der Waals surface area contributed by atoms with Crippen molar-refractivity contribution in [3.05, 3.63) is 0 Å². The summed E-state index contributed by atoms with van der Waals surface area (Å²) in [6.07, 6.45) is -0.508. The lowest BCUT2D eigenvalue weighted by Crippen LogP contribution is -2.27. The first-order valence-corrected chi connectivity index (χ1v) is 3.32. The number of hydrogen-bond donors (Lipinski definition) is 0. The zero-order chi connectivity index (χ0) is 7.44. The Balaban J connectivity index is 3.64. The molecule has 0 rings (SSSR count). The first-order chi connectivity index (χ1) is 4.04. The van der Waals surface area contributed by atoms with Crippen molar-refractivity contribution in [2.45, 2.75) is 18.2 Å². The van der Waals surface area contributed by atoms with E-state index in [-0.39, 0.29) is 5.78 Å². The zero-order valence-corrected chi connectivity index (χ0v) is 6.47. The summed E-state index contributed by atoms with van der Waals surface area (Å²) in [4.78, 5) is 19.9. The molecule has 0 spiro atoms. The van der Waals surface area contributed by atoms with Crippen molar-refractivity contribution < 1.29 is 14.7 Å². The third-order valence-electron chi connectivity index (χ3n) is 0.762. The van der Waals surface area contributed by atoms with E-state index in [9.17, 15) is 14.7 Å². The molecule has 0 aromatic rings. The molecule has 0 bridgehead atoms. The molecule has 0 N–H and O–H groups in total. The molecule has 3 nitrogen and oxygen atoms in total. The number of carboxylic acids is 1. The molecule has 52 valence electrons. The van der Waals surface area contributed by atoms with E-state index in [0.717, 1.165) is 0 Å². The summed E-state index contributed by atoms with van der Waals surface area (Å²) < 4.78 is 0. The maximum absolute atomic E-state index is 10.5. The number of carbonyl (C=O) groups excluding carboxylic acids is 2. The Kier molecular flexibility index (Phi) is 3.46. The molecule has 4 heteroatoms. The van der Waals surface area contributed by atoms with Gasteiger partial charge < -0.3 is 9.90 Å². The van der Waals surface area contributed by atoms with Crippen molar-refractivity contribution in [3.8, 4) is 0 Å². The highest BCUT2D eigenvalue weighted by Crippen LogP contribution is 2.00. The van der Waals surface area contributed by atoms with Crippen LogP contribution < -0.4 is 5.11 Å². The van der Waals surface area contributed by atoms with Crippen molar-refractivity contribution in [1.29, 1.82) is 0 Å². The quantitative estimate of drug-likeness (QED) is 0.448. The number of ketones is 1. The van der Waals surface area contributed by atoms with Crippen LogP contribution in [-0.2, 0) is 9.59 Å². The lowest BCUT2D eigenvalue weighted by atomic mass is 10.2. The Labute approximate surface area is 61.2 Å². The van der Waals surface area contributed by atoms with Crippen molar-refractivity contribution in [3.63, 3.8) is 0 Å². The summed E-state index contributed by atoms with van der Waals surface area (Å²) in [5.41, 5.74) is 0. The smallest absolute Gasteiger partial charge is 0.151 e. The highest BCUT2D eigenvalue weighted by Gasteiger charge is 2.07. The molecule has 0 fully saturated rings. The van der Waals surface area contributed by atoms with Crippen LogP contribution in [0.25, 0.3) is 0 Å². The van der Waals surface area contributed by atoms with Gasteiger partial charge in [0, 0.05) is 12.4 Å². The second-order valence-corrected chi connectivity index (χ2v) is 3.00. The number of alkyl halides is 1. The topological polar surface area (TPSA) is 57.2 Å². The van der Waals surface area contributed by atoms with E-state index in [1.807, 2.05) is 0 Å². The van der Waals surface area contributed by atoms with Gasteiger partial charge in [-0.1, -0.05) is 15.9 Å². The van der Waals surface area contributed by atoms with Crippen molar-refractivity contribution >= 4 is 27.7 Å². The van der Waals surface area contributed by atoms with Crippen LogP contribution in [0.5, 0.6) is 0 Å². The number of carboxylic acid groups (broad SMARTS) is 1. The van der Waals surface area contributed by atoms with Gasteiger partial charge in [-0.2, -0.15) is 0 Å². The van der Waals surface area contributed by atoms with E-state index in [2.05, 4.69) is 15.9 Å². The third-order valence-corrected chi connectivity index (χ3v) is 1.27. The number of carbonyl (C=O) groups is 2. The lowest BCUT2D eigenvalue weighted by molar-refractivity contribution is -0.304. The Morgan fingerprint density at radius 2 is 2.11 bits per heavy atom. The predicted molar refractivity (Wildman–Crippen MR) is 33.0 cm³/mol. The molecular formula is C5H6BrO3-. The maximum Gasteiger partial charge on any atom is 0.151 e. The van der Waals surface area contributed by atoms with Crippen LogP contribution in [0, 0.1) is 0 Å². The maximum atomic E-state index is 10.5. The molecule has 0 aromatic heterocycles. The average molecular weight is 194 g/mol. The minimum atomic E-state index is -1.33. The summed E-state index contributed by atoms with van der Waals surface area (Å²) in [5.74, 6) is -1.69. The van der Waals surface area contributed by atoms with E-state index in [4.69, 9.17) is 0 Å². The largest absolute Gasteiger partial charge is 0.550 e. The van der Waals surface area contributed by atoms with Gasteiger partial charge in [0.1, 0.15) is 0 Å². The summed E-state index contributed by atoms with van der Waals surface area (Å²) >= 11 is 2.93. The molecule has 0 amide bonds. The van der Waals surface area contributed by atoms with Gasteiger partial charge in [-0.3, -0.25) is 4.79 Å². The third kappa shape index (κ3) is 4.14. The molecule has 1 atom stereocenters. The average Bonchev–Trinajstić information content (AvgIpc) is 1.63. The molecule has 1 unspecified atom stereocenters. The Morgan fingerprint density at radius 1 is 1.67 bits per heavy atom.